The Morgan fingerprint density at radius 3 is 2.45 bits per heavy atom. The van der Waals surface area contributed by atoms with Crippen LogP contribution in [0.15, 0.2) is 30.3 Å². The highest BCUT2D eigenvalue weighted by molar-refractivity contribution is 7.89. The van der Waals surface area contributed by atoms with Gasteiger partial charge in [0.05, 0.1) is 11.9 Å². The number of carbonyl (C=O) groups excluding carboxylic acids is 1. The van der Waals surface area contributed by atoms with Crippen molar-refractivity contribution in [3.8, 4) is 0 Å². The van der Waals surface area contributed by atoms with E-state index in [0.717, 1.165) is 12.0 Å². The van der Waals surface area contributed by atoms with E-state index in [0.29, 0.717) is 45.3 Å². The third kappa shape index (κ3) is 6.79. The molecule has 0 saturated carbocycles. The van der Waals surface area contributed by atoms with Crippen molar-refractivity contribution in [2.24, 2.45) is 11.3 Å². The van der Waals surface area contributed by atoms with Crippen molar-refractivity contribution in [3.63, 3.8) is 0 Å². The first-order chi connectivity index (χ1) is 13.7. The summed E-state index contributed by atoms with van der Waals surface area (Å²) < 4.78 is 26.2. The monoisotopic (exact) mass is 424 g/mol. The number of aliphatic hydroxyl groups is 1. The fourth-order valence-electron chi connectivity index (χ4n) is 3.71. The topological polar surface area (TPSA) is 86.7 Å². The first-order valence-corrected chi connectivity index (χ1v) is 12.3. The molecule has 7 heteroatoms. The lowest BCUT2D eigenvalue weighted by Gasteiger charge is -2.35. The Balaban J connectivity index is 1.88. The normalized spacial score (nSPS) is 19.4. The zero-order valence-electron chi connectivity index (χ0n) is 17.9. The molecule has 0 radical (unpaired) electrons. The van der Waals surface area contributed by atoms with Crippen LogP contribution >= 0.6 is 0 Å². The van der Waals surface area contributed by atoms with E-state index in [-0.39, 0.29) is 17.6 Å². The van der Waals surface area contributed by atoms with Crippen molar-refractivity contribution in [1.82, 2.24) is 9.62 Å². The molecule has 0 spiro atoms. The first-order valence-electron chi connectivity index (χ1n) is 10.7. The zero-order valence-corrected chi connectivity index (χ0v) is 18.7. The number of amides is 1. The second-order valence-corrected chi connectivity index (χ2v) is 10.6. The Kier molecular flexibility index (Phi) is 8.67. The van der Waals surface area contributed by atoms with Crippen LogP contribution in [-0.2, 0) is 21.2 Å². The van der Waals surface area contributed by atoms with E-state index in [9.17, 15) is 18.3 Å². The Labute approximate surface area is 175 Å². The van der Waals surface area contributed by atoms with Crippen molar-refractivity contribution in [2.45, 2.75) is 59.0 Å². The fourth-order valence-corrected chi connectivity index (χ4v) is 5.38. The third-order valence-corrected chi connectivity index (χ3v) is 8.06. The maximum Gasteiger partial charge on any atom is 0.223 e. The first kappa shape index (κ1) is 23.8. The van der Waals surface area contributed by atoms with Crippen LogP contribution in [0, 0.1) is 11.3 Å². The number of nitrogens with one attached hydrogen (secondary N) is 1. The van der Waals surface area contributed by atoms with Crippen molar-refractivity contribution in [1.29, 1.82) is 0 Å². The summed E-state index contributed by atoms with van der Waals surface area (Å²) in [5.74, 6) is -0.0368. The summed E-state index contributed by atoms with van der Waals surface area (Å²) in [7, 11) is -3.21. The van der Waals surface area contributed by atoms with Gasteiger partial charge in [-0.25, -0.2) is 12.7 Å². The Morgan fingerprint density at radius 2 is 1.90 bits per heavy atom. The van der Waals surface area contributed by atoms with E-state index in [4.69, 9.17) is 0 Å². The number of hydrogen-bond donors (Lipinski definition) is 2. The van der Waals surface area contributed by atoms with Crippen LogP contribution in [0.4, 0.5) is 0 Å². The van der Waals surface area contributed by atoms with Crippen LogP contribution in [0.2, 0.25) is 0 Å². The van der Waals surface area contributed by atoms with Gasteiger partial charge >= 0.3 is 0 Å². The van der Waals surface area contributed by atoms with Gasteiger partial charge in [-0.1, -0.05) is 50.6 Å². The van der Waals surface area contributed by atoms with Gasteiger partial charge in [0.25, 0.3) is 0 Å². The smallest absolute Gasteiger partial charge is 0.223 e. The molecule has 1 aromatic carbocycles. The van der Waals surface area contributed by atoms with Crippen LogP contribution in [-0.4, -0.2) is 55.2 Å². The van der Waals surface area contributed by atoms with Crippen molar-refractivity contribution in [2.75, 3.05) is 25.4 Å². The maximum atomic E-state index is 12.7. The van der Waals surface area contributed by atoms with Gasteiger partial charge in [-0.2, -0.15) is 0 Å². The van der Waals surface area contributed by atoms with Crippen LogP contribution < -0.4 is 5.32 Å². The number of sulfonamides is 1. The summed E-state index contributed by atoms with van der Waals surface area (Å²) in [5.41, 5.74) is 0.650. The van der Waals surface area contributed by atoms with Gasteiger partial charge in [-0.15, -0.1) is 0 Å². The molecule has 6 nitrogen and oxygen atoms in total. The summed E-state index contributed by atoms with van der Waals surface area (Å²) in [6.07, 6.45) is 2.70. The molecular formula is C22H36N2O4S. The molecule has 1 fully saturated rings. The molecule has 0 bridgehead atoms. The minimum atomic E-state index is -3.21. The molecule has 0 aromatic heterocycles. The third-order valence-electron chi connectivity index (χ3n) is 6.10. The molecule has 1 aliphatic rings. The molecular weight excluding hydrogens is 388 g/mol. The van der Waals surface area contributed by atoms with E-state index >= 15 is 0 Å². The van der Waals surface area contributed by atoms with Gasteiger partial charge in [-0.05, 0) is 38.2 Å². The molecule has 1 aromatic rings. The highest BCUT2D eigenvalue weighted by atomic mass is 32.2. The number of unbranched alkanes of at least 4 members (excludes halogenated alkanes) is 1. The Hall–Kier alpha value is -1.44. The largest absolute Gasteiger partial charge is 0.393 e. The highest BCUT2D eigenvalue weighted by Crippen LogP contribution is 2.27. The molecule has 0 aliphatic carbocycles. The predicted molar refractivity (Wildman–Crippen MR) is 116 cm³/mol. The highest BCUT2D eigenvalue weighted by Gasteiger charge is 2.34. The van der Waals surface area contributed by atoms with Crippen LogP contribution in [0.25, 0.3) is 0 Å². The average Bonchev–Trinajstić information content (AvgIpc) is 2.71. The minimum Gasteiger partial charge on any atom is -0.393 e. The SMILES string of the molecule is CCCCS(=O)(=O)N1CCC(C(=O)NC[C@@](C)(Cc2ccccc2)[C@@H](C)O)CC1. The summed E-state index contributed by atoms with van der Waals surface area (Å²) in [6.45, 7) is 6.91. The van der Waals surface area contributed by atoms with Gasteiger partial charge in [-0.3, -0.25) is 4.79 Å². The maximum absolute atomic E-state index is 12.7. The molecule has 164 valence electrons. The number of aliphatic hydroxyl groups excluding tert-OH is 1. The van der Waals surface area contributed by atoms with Crippen LogP contribution in [0.3, 0.4) is 0 Å². The van der Waals surface area contributed by atoms with Gasteiger partial charge in [0.2, 0.25) is 15.9 Å². The van der Waals surface area contributed by atoms with E-state index in [1.807, 2.05) is 44.2 Å². The van der Waals surface area contributed by atoms with Crippen molar-refractivity contribution >= 4 is 15.9 Å². The number of carbonyl (C=O) groups is 1. The lowest BCUT2D eigenvalue weighted by Crippen LogP contribution is -2.48. The van der Waals surface area contributed by atoms with Crippen LogP contribution in [0.1, 0.15) is 52.0 Å². The van der Waals surface area contributed by atoms with Gasteiger partial charge in [0.1, 0.15) is 0 Å². The molecule has 29 heavy (non-hydrogen) atoms. The fraction of sp³-hybridized carbons (Fsp3) is 0.682. The lowest BCUT2D eigenvalue weighted by atomic mass is 9.79. The Bertz CT molecular complexity index is 743. The molecule has 2 N–H and O–H groups in total. The Morgan fingerprint density at radius 1 is 1.28 bits per heavy atom. The van der Waals surface area contributed by atoms with Crippen molar-refractivity contribution < 1.29 is 18.3 Å². The quantitative estimate of drug-likeness (QED) is 0.604. The zero-order chi connectivity index (χ0) is 21.5. The molecule has 2 rings (SSSR count). The second kappa shape index (κ2) is 10.5. The number of hydrogen-bond acceptors (Lipinski definition) is 4. The van der Waals surface area contributed by atoms with E-state index in [1.165, 1.54) is 4.31 Å². The summed E-state index contributed by atoms with van der Waals surface area (Å²) in [4.78, 5) is 12.7. The number of rotatable bonds is 10. The summed E-state index contributed by atoms with van der Waals surface area (Å²) in [6, 6.07) is 9.95. The molecule has 1 amide bonds. The minimum absolute atomic E-state index is 0.0458. The number of benzene rings is 1. The number of nitrogens with zero attached hydrogens (tertiary/aromatic N) is 1. The average molecular weight is 425 g/mol. The van der Waals surface area contributed by atoms with E-state index in [1.54, 1.807) is 6.92 Å². The lowest BCUT2D eigenvalue weighted by molar-refractivity contribution is -0.127. The van der Waals surface area contributed by atoms with Gasteiger partial charge in [0.15, 0.2) is 0 Å². The molecule has 0 unspecified atom stereocenters. The standard InChI is InChI=1S/C22H36N2O4S/c1-4-5-15-29(27,28)24-13-11-20(12-14-24)21(26)23-17-22(3,18(2)25)16-19-9-7-6-8-10-19/h6-10,18,20,25H,4-5,11-17H2,1-3H3,(H,23,26)/t18-,22-/m1/s1. The summed E-state index contributed by atoms with van der Waals surface area (Å²) in [5, 5.41) is 13.3. The van der Waals surface area contributed by atoms with Crippen LogP contribution in [0.5, 0.6) is 0 Å². The molecule has 2 atom stereocenters. The second-order valence-electron chi connectivity index (χ2n) is 8.55. The van der Waals surface area contributed by atoms with E-state index < -0.39 is 21.5 Å². The van der Waals surface area contributed by atoms with Crippen molar-refractivity contribution in [3.05, 3.63) is 35.9 Å². The molecule has 1 saturated heterocycles. The van der Waals surface area contributed by atoms with E-state index in [2.05, 4.69) is 5.32 Å². The van der Waals surface area contributed by atoms with Gasteiger partial charge in [0, 0.05) is 31.0 Å². The number of piperidine rings is 1. The molecule has 1 heterocycles. The summed E-state index contributed by atoms with van der Waals surface area (Å²) >= 11 is 0. The predicted octanol–water partition coefficient (Wildman–Crippen LogP) is 2.57. The molecule has 1 aliphatic heterocycles. The van der Waals surface area contributed by atoms with Gasteiger partial charge < -0.3 is 10.4 Å².